The van der Waals surface area contributed by atoms with Crippen LogP contribution in [-0.2, 0) is 4.74 Å². The SMILES string of the molecule is Cc1cc(F)cc(C(=O)NCCOC(N)=O)c1. The Hall–Kier alpha value is -2.11. The third-order valence-electron chi connectivity index (χ3n) is 1.94. The summed E-state index contributed by atoms with van der Waals surface area (Å²) in [5, 5.41) is 2.47. The number of hydrogen-bond acceptors (Lipinski definition) is 3. The van der Waals surface area contributed by atoms with E-state index in [1.807, 2.05) is 0 Å². The number of hydrogen-bond donors (Lipinski definition) is 2. The lowest BCUT2D eigenvalue weighted by Crippen LogP contribution is -2.29. The number of primary amides is 1. The Bertz CT molecular complexity index is 414. The lowest BCUT2D eigenvalue weighted by atomic mass is 10.1. The van der Waals surface area contributed by atoms with Gasteiger partial charge in [-0.3, -0.25) is 4.79 Å². The van der Waals surface area contributed by atoms with Crippen LogP contribution in [0.1, 0.15) is 15.9 Å². The van der Waals surface area contributed by atoms with E-state index in [0.717, 1.165) is 6.07 Å². The molecule has 0 aliphatic rings. The van der Waals surface area contributed by atoms with Gasteiger partial charge in [0.25, 0.3) is 5.91 Å². The van der Waals surface area contributed by atoms with E-state index in [-0.39, 0.29) is 18.7 Å². The number of rotatable bonds is 4. The fraction of sp³-hybridized carbons (Fsp3) is 0.273. The maximum absolute atomic E-state index is 13.0. The van der Waals surface area contributed by atoms with Gasteiger partial charge in [-0.05, 0) is 30.7 Å². The second-order valence-corrected chi connectivity index (χ2v) is 3.44. The van der Waals surface area contributed by atoms with Gasteiger partial charge in [0.1, 0.15) is 12.4 Å². The average Bonchev–Trinajstić information content (AvgIpc) is 2.22. The Morgan fingerprint density at radius 1 is 1.41 bits per heavy atom. The molecule has 0 heterocycles. The van der Waals surface area contributed by atoms with Crippen LogP contribution in [0.25, 0.3) is 0 Å². The molecule has 0 saturated heterocycles. The van der Waals surface area contributed by atoms with E-state index in [9.17, 15) is 14.0 Å². The van der Waals surface area contributed by atoms with Gasteiger partial charge < -0.3 is 15.8 Å². The number of nitrogens with two attached hydrogens (primary N) is 1. The van der Waals surface area contributed by atoms with Crippen LogP contribution in [0.4, 0.5) is 9.18 Å². The van der Waals surface area contributed by atoms with Crippen molar-refractivity contribution in [1.29, 1.82) is 0 Å². The highest BCUT2D eigenvalue weighted by molar-refractivity contribution is 5.94. The first kappa shape index (κ1) is 13.0. The van der Waals surface area contributed by atoms with Crippen LogP contribution < -0.4 is 11.1 Å². The second kappa shape index (κ2) is 5.83. The predicted octanol–water partition coefficient (Wildman–Crippen LogP) is 0.959. The van der Waals surface area contributed by atoms with Gasteiger partial charge in [0.15, 0.2) is 0 Å². The van der Waals surface area contributed by atoms with Gasteiger partial charge in [0.2, 0.25) is 0 Å². The lowest BCUT2D eigenvalue weighted by molar-refractivity contribution is 0.0936. The number of halogens is 1. The summed E-state index contributed by atoms with van der Waals surface area (Å²) in [5.41, 5.74) is 5.62. The number of nitrogens with one attached hydrogen (secondary N) is 1. The highest BCUT2D eigenvalue weighted by atomic mass is 19.1. The Balaban J connectivity index is 2.49. The van der Waals surface area contributed by atoms with E-state index >= 15 is 0 Å². The van der Waals surface area contributed by atoms with Crippen molar-refractivity contribution in [3.05, 3.63) is 35.1 Å². The van der Waals surface area contributed by atoms with Gasteiger partial charge in [-0.2, -0.15) is 0 Å². The third-order valence-corrected chi connectivity index (χ3v) is 1.94. The van der Waals surface area contributed by atoms with E-state index < -0.39 is 17.8 Å². The number of aryl methyl sites for hydroxylation is 1. The van der Waals surface area contributed by atoms with Gasteiger partial charge >= 0.3 is 6.09 Å². The monoisotopic (exact) mass is 240 g/mol. The molecular weight excluding hydrogens is 227 g/mol. The van der Waals surface area contributed by atoms with Crippen molar-refractivity contribution >= 4 is 12.0 Å². The quantitative estimate of drug-likeness (QED) is 0.769. The molecule has 0 atom stereocenters. The Morgan fingerprint density at radius 2 is 2.12 bits per heavy atom. The van der Waals surface area contributed by atoms with Crippen LogP contribution in [0.2, 0.25) is 0 Å². The van der Waals surface area contributed by atoms with Gasteiger partial charge in [-0.15, -0.1) is 0 Å². The smallest absolute Gasteiger partial charge is 0.404 e. The van der Waals surface area contributed by atoms with E-state index in [4.69, 9.17) is 5.73 Å². The zero-order chi connectivity index (χ0) is 12.8. The zero-order valence-corrected chi connectivity index (χ0v) is 9.33. The molecule has 5 nitrogen and oxygen atoms in total. The average molecular weight is 240 g/mol. The van der Waals surface area contributed by atoms with E-state index in [2.05, 4.69) is 10.1 Å². The maximum Gasteiger partial charge on any atom is 0.404 e. The molecule has 0 unspecified atom stereocenters. The summed E-state index contributed by atoms with van der Waals surface area (Å²) in [5.74, 6) is -0.899. The summed E-state index contributed by atoms with van der Waals surface area (Å²) in [6, 6.07) is 4.03. The molecule has 1 aromatic rings. The van der Waals surface area contributed by atoms with Crippen molar-refractivity contribution in [3.8, 4) is 0 Å². The minimum atomic E-state index is -0.902. The van der Waals surface area contributed by atoms with Crippen LogP contribution in [0.3, 0.4) is 0 Å². The molecule has 6 heteroatoms. The summed E-state index contributed by atoms with van der Waals surface area (Å²) in [6.45, 7) is 1.79. The maximum atomic E-state index is 13.0. The van der Waals surface area contributed by atoms with Crippen molar-refractivity contribution < 1.29 is 18.7 Å². The van der Waals surface area contributed by atoms with Crippen molar-refractivity contribution in [3.63, 3.8) is 0 Å². The summed E-state index contributed by atoms with van der Waals surface area (Å²) in [7, 11) is 0. The molecule has 0 radical (unpaired) electrons. The van der Waals surface area contributed by atoms with Crippen molar-refractivity contribution in [2.75, 3.05) is 13.2 Å². The van der Waals surface area contributed by atoms with E-state index in [1.54, 1.807) is 13.0 Å². The third kappa shape index (κ3) is 4.50. The number of ether oxygens (including phenoxy) is 1. The molecular formula is C11H13FN2O3. The molecule has 17 heavy (non-hydrogen) atoms. The van der Waals surface area contributed by atoms with Crippen molar-refractivity contribution in [2.24, 2.45) is 5.73 Å². The molecule has 0 fully saturated rings. The zero-order valence-electron chi connectivity index (χ0n) is 9.33. The first-order valence-electron chi connectivity index (χ1n) is 4.96. The summed E-state index contributed by atoms with van der Waals surface area (Å²) in [4.78, 5) is 21.8. The highest BCUT2D eigenvalue weighted by Crippen LogP contribution is 2.07. The fourth-order valence-corrected chi connectivity index (χ4v) is 1.29. The molecule has 92 valence electrons. The minimum Gasteiger partial charge on any atom is -0.448 e. The first-order valence-corrected chi connectivity index (χ1v) is 4.96. The Morgan fingerprint density at radius 3 is 2.71 bits per heavy atom. The summed E-state index contributed by atoms with van der Waals surface area (Å²) >= 11 is 0. The molecule has 0 bridgehead atoms. The van der Waals surface area contributed by atoms with Crippen molar-refractivity contribution in [2.45, 2.75) is 6.92 Å². The predicted molar refractivity (Wildman–Crippen MR) is 59.0 cm³/mol. The van der Waals surface area contributed by atoms with Crippen LogP contribution in [-0.4, -0.2) is 25.2 Å². The molecule has 0 aliphatic heterocycles. The molecule has 0 aromatic heterocycles. The Labute approximate surface area is 97.7 Å². The number of benzene rings is 1. The lowest BCUT2D eigenvalue weighted by Gasteiger charge is -2.06. The van der Waals surface area contributed by atoms with Gasteiger partial charge in [0, 0.05) is 5.56 Å². The van der Waals surface area contributed by atoms with E-state index in [0.29, 0.717) is 5.56 Å². The van der Waals surface area contributed by atoms with Crippen molar-refractivity contribution in [1.82, 2.24) is 5.32 Å². The molecule has 0 saturated carbocycles. The van der Waals surface area contributed by atoms with Gasteiger partial charge in [0.05, 0.1) is 6.54 Å². The molecule has 0 spiro atoms. The molecule has 0 aliphatic carbocycles. The van der Waals surface area contributed by atoms with Gasteiger partial charge in [-0.25, -0.2) is 9.18 Å². The largest absolute Gasteiger partial charge is 0.448 e. The van der Waals surface area contributed by atoms with Crippen LogP contribution in [0, 0.1) is 12.7 Å². The fourth-order valence-electron chi connectivity index (χ4n) is 1.29. The van der Waals surface area contributed by atoms with Crippen LogP contribution >= 0.6 is 0 Å². The summed E-state index contributed by atoms with van der Waals surface area (Å²) in [6.07, 6.45) is -0.902. The number of amides is 2. The molecule has 1 rings (SSSR count). The van der Waals surface area contributed by atoms with E-state index in [1.165, 1.54) is 6.07 Å². The molecule has 3 N–H and O–H groups in total. The standard InChI is InChI=1S/C11H13FN2O3/c1-7-4-8(6-9(12)5-7)10(15)14-2-3-17-11(13)16/h4-6H,2-3H2,1H3,(H2,13,16)(H,14,15). The Kier molecular flexibility index (Phi) is 4.45. The topological polar surface area (TPSA) is 81.4 Å². The number of carbonyl (C=O) groups is 2. The summed E-state index contributed by atoms with van der Waals surface area (Å²) < 4.78 is 17.4. The minimum absolute atomic E-state index is 0.0185. The van der Waals surface area contributed by atoms with Crippen LogP contribution in [0.5, 0.6) is 0 Å². The molecule has 2 amide bonds. The normalized spacial score (nSPS) is 9.76. The van der Waals surface area contributed by atoms with Crippen LogP contribution in [0.15, 0.2) is 18.2 Å². The second-order valence-electron chi connectivity index (χ2n) is 3.44. The first-order chi connectivity index (χ1) is 7.99. The highest BCUT2D eigenvalue weighted by Gasteiger charge is 2.07. The number of carbonyl (C=O) groups excluding carboxylic acids is 2. The molecule has 1 aromatic carbocycles. The van der Waals surface area contributed by atoms with Gasteiger partial charge in [-0.1, -0.05) is 0 Å².